The molecule has 6 nitrogen and oxygen atoms in total. The van der Waals surface area contributed by atoms with Gasteiger partial charge in [-0.25, -0.2) is 4.39 Å². The molecule has 1 aliphatic rings. The predicted molar refractivity (Wildman–Crippen MR) is 113 cm³/mol. The Morgan fingerprint density at radius 3 is 2.80 bits per heavy atom. The van der Waals surface area contributed by atoms with Crippen LogP contribution in [-0.4, -0.2) is 40.0 Å². The highest BCUT2D eigenvalue weighted by molar-refractivity contribution is 7.13. The minimum absolute atomic E-state index is 0.00812. The fraction of sp³-hybridized carbons (Fsp3) is 0.273. The SMILES string of the molecule is Cc1ccccc1NC(=O)c1nnc(C2CCCN(C(=O)c3cccc(F)c3)C2)s1. The molecule has 2 aromatic carbocycles. The molecule has 1 saturated heterocycles. The summed E-state index contributed by atoms with van der Waals surface area (Å²) in [5.74, 6) is -0.908. The molecule has 1 aliphatic heterocycles. The third kappa shape index (κ3) is 4.38. The zero-order valence-electron chi connectivity index (χ0n) is 16.5. The van der Waals surface area contributed by atoms with E-state index in [1.54, 1.807) is 11.0 Å². The van der Waals surface area contributed by atoms with Crippen LogP contribution in [0.3, 0.4) is 0 Å². The van der Waals surface area contributed by atoms with Gasteiger partial charge in [0.05, 0.1) is 0 Å². The zero-order valence-corrected chi connectivity index (χ0v) is 17.3. The summed E-state index contributed by atoms with van der Waals surface area (Å²) in [5.41, 5.74) is 2.05. The Balaban J connectivity index is 1.44. The van der Waals surface area contributed by atoms with Crippen LogP contribution >= 0.6 is 11.3 Å². The molecule has 2 heterocycles. The molecule has 0 saturated carbocycles. The quantitative estimate of drug-likeness (QED) is 0.679. The van der Waals surface area contributed by atoms with Crippen LogP contribution in [0.25, 0.3) is 0 Å². The lowest BCUT2D eigenvalue weighted by molar-refractivity contribution is 0.0706. The van der Waals surface area contributed by atoms with Crippen LogP contribution in [0.5, 0.6) is 0 Å². The second kappa shape index (κ2) is 8.71. The van der Waals surface area contributed by atoms with E-state index in [4.69, 9.17) is 0 Å². The van der Waals surface area contributed by atoms with Crippen molar-refractivity contribution in [3.63, 3.8) is 0 Å². The second-order valence-corrected chi connectivity index (χ2v) is 8.32. The van der Waals surface area contributed by atoms with Gasteiger partial charge in [-0.15, -0.1) is 10.2 Å². The molecule has 154 valence electrons. The number of nitrogens with zero attached hydrogens (tertiary/aromatic N) is 3. The fourth-order valence-electron chi connectivity index (χ4n) is 3.55. The summed E-state index contributed by atoms with van der Waals surface area (Å²) in [7, 11) is 0. The maximum atomic E-state index is 13.5. The van der Waals surface area contributed by atoms with Gasteiger partial charge in [-0.1, -0.05) is 35.6 Å². The van der Waals surface area contributed by atoms with E-state index in [-0.39, 0.29) is 17.7 Å². The number of hydrogen-bond donors (Lipinski definition) is 1. The fourth-order valence-corrected chi connectivity index (χ4v) is 4.41. The first-order valence-electron chi connectivity index (χ1n) is 9.76. The number of para-hydroxylation sites is 1. The average Bonchev–Trinajstić information content (AvgIpc) is 3.25. The Labute approximate surface area is 177 Å². The molecule has 2 amide bonds. The molecular formula is C22H21FN4O2S. The molecule has 1 unspecified atom stereocenters. The summed E-state index contributed by atoms with van der Waals surface area (Å²) in [4.78, 5) is 27.0. The molecule has 8 heteroatoms. The van der Waals surface area contributed by atoms with E-state index < -0.39 is 5.82 Å². The number of benzene rings is 2. The van der Waals surface area contributed by atoms with Crippen molar-refractivity contribution in [1.82, 2.24) is 15.1 Å². The highest BCUT2D eigenvalue weighted by Gasteiger charge is 2.28. The Morgan fingerprint density at radius 1 is 1.17 bits per heavy atom. The molecule has 1 N–H and O–H groups in total. The number of aryl methyl sites for hydroxylation is 1. The van der Waals surface area contributed by atoms with Crippen molar-refractivity contribution in [2.75, 3.05) is 18.4 Å². The number of hydrogen-bond acceptors (Lipinski definition) is 5. The smallest absolute Gasteiger partial charge is 0.286 e. The van der Waals surface area contributed by atoms with Gasteiger partial charge in [0.1, 0.15) is 10.8 Å². The van der Waals surface area contributed by atoms with Crippen LogP contribution in [0.1, 0.15) is 49.5 Å². The maximum absolute atomic E-state index is 13.5. The standard InChI is InChI=1S/C22H21FN4O2S/c1-14-6-2-3-10-18(14)24-19(28)21-26-25-20(30-21)16-8-5-11-27(13-16)22(29)15-7-4-9-17(23)12-15/h2-4,6-7,9-10,12,16H,5,8,11,13H2,1H3,(H,24,28). The lowest BCUT2D eigenvalue weighted by Crippen LogP contribution is -2.39. The van der Waals surface area contributed by atoms with Crippen LogP contribution in [0.15, 0.2) is 48.5 Å². The van der Waals surface area contributed by atoms with Gasteiger partial charge >= 0.3 is 0 Å². The summed E-state index contributed by atoms with van der Waals surface area (Å²) >= 11 is 1.25. The van der Waals surface area contributed by atoms with Crippen molar-refractivity contribution < 1.29 is 14.0 Å². The van der Waals surface area contributed by atoms with Crippen LogP contribution in [0.4, 0.5) is 10.1 Å². The Kier molecular flexibility index (Phi) is 5.85. The number of amides is 2. The van der Waals surface area contributed by atoms with Gasteiger partial charge in [0, 0.05) is 30.3 Å². The largest absolute Gasteiger partial charge is 0.338 e. The summed E-state index contributed by atoms with van der Waals surface area (Å²) in [6.45, 7) is 3.02. The first kappa shape index (κ1) is 20.2. The van der Waals surface area contributed by atoms with E-state index in [9.17, 15) is 14.0 Å². The number of carbonyl (C=O) groups is 2. The van der Waals surface area contributed by atoms with Gasteiger partial charge in [0.15, 0.2) is 0 Å². The molecule has 0 aliphatic carbocycles. The topological polar surface area (TPSA) is 75.2 Å². The Bertz CT molecular complexity index is 1080. The molecular weight excluding hydrogens is 403 g/mol. The van der Waals surface area contributed by atoms with Gasteiger partial charge in [-0.3, -0.25) is 9.59 Å². The maximum Gasteiger partial charge on any atom is 0.286 e. The third-order valence-electron chi connectivity index (χ3n) is 5.16. The molecule has 4 rings (SSSR count). The van der Waals surface area contributed by atoms with Gasteiger partial charge in [0.25, 0.3) is 11.8 Å². The Hall–Kier alpha value is -3.13. The lowest BCUT2D eigenvalue weighted by atomic mass is 9.98. The first-order chi connectivity index (χ1) is 14.5. The molecule has 0 radical (unpaired) electrons. The van der Waals surface area contributed by atoms with Crippen molar-refractivity contribution >= 4 is 28.8 Å². The monoisotopic (exact) mass is 424 g/mol. The molecule has 1 atom stereocenters. The summed E-state index contributed by atoms with van der Waals surface area (Å²) in [5, 5.41) is 12.2. The number of piperidine rings is 1. The van der Waals surface area contributed by atoms with E-state index in [0.717, 1.165) is 29.1 Å². The summed E-state index contributed by atoms with van der Waals surface area (Å²) < 4.78 is 13.5. The minimum Gasteiger partial charge on any atom is -0.338 e. The van der Waals surface area contributed by atoms with Gasteiger partial charge in [-0.05, 0) is 49.6 Å². The summed E-state index contributed by atoms with van der Waals surface area (Å²) in [6, 6.07) is 13.3. The highest BCUT2D eigenvalue weighted by atomic mass is 32.1. The van der Waals surface area contributed by atoms with E-state index in [0.29, 0.717) is 23.7 Å². The normalized spacial score (nSPS) is 16.3. The number of aromatic nitrogens is 2. The van der Waals surface area contributed by atoms with Crippen LogP contribution in [0.2, 0.25) is 0 Å². The highest BCUT2D eigenvalue weighted by Crippen LogP contribution is 2.30. The third-order valence-corrected chi connectivity index (χ3v) is 6.24. The van der Waals surface area contributed by atoms with Crippen molar-refractivity contribution in [3.05, 3.63) is 75.5 Å². The number of halogens is 1. The first-order valence-corrected chi connectivity index (χ1v) is 10.6. The molecule has 1 fully saturated rings. The van der Waals surface area contributed by atoms with Crippen molar-refractivity contribution in [3.8, 4) is 0 Å². The molecule has 0 bridgehead atoms. The number of nitrogens with one attached hydrogen (secondary N) is 1. The van der Waals surface area contributed by atoms with E-state index in [1.165, 1.54) is 29.5 Å². The van der Waals surface area contributed by atoms with E-state index in [2.05, 4.69) is 15.5 Å². The number of rotatable bonds is 4. The molecule has 3 aromatic rings. The van der Waals surface area contributed by atoms with Crippen LogP contribution in [-0.2, 0) is 0 Å². The molecule has 0 spiro atoms. The second-order valence-electron chi connectivity index (χ2n) is 7.32. The van der Waals surface area contributed by atoms with Gasteiger partial charge in [-0.2, -0.15) is 0 Å². The minimum atomic E-state index is -0.428. The van der Waals surface area contributed by atoms with Crippen molar-refractivity contribution in [1.29, 1.82) is 0 Å². The van der Waals surface area contributed by atoms with E-state index in [1.807, 2.05) is 31.2 Å². The van der Waals surface area contributed by atoms with Crippen molar-refractivity contribution in [2.45, 2.75) is 25.7 Å². The Morgan fingerprint density at radius 2 is 2.00 bits per heavy atom. The average molecular weight is 425 g/mol. The van der Waals surface area contributed by atoms with Gasteiger partial charge < -0.3 is 10.2 Å². The zero-order chi connectivity index (χ0) is 21.1. The predicted octanol–water partition coefficient (Wildman–Crippen LogP) is 4.26. The van der Waals surface area contributed by atoms with Crippen molar-refractivity contribution in [2.24, 2.45) is 0 Å². The van der Waals surface area contributed by atoms with E-state index >= 15 is 0 Å². The molecule has 1 aromatic heterocycles. The number of likely N-dealkylation sites (tertiary alicyclic amines) is 1. The summed E-state index contributed by atoms with van der Waals surface area (Å²) in [6.07, 6.45) is 1.68. The lowest BCUT2D eigenvalue weighted by Gasteiger charge is -2.31. The van der Waals surface area contributed by atoms with Crippen LogP contribution in [0, 0.1) is 12.7 Å². The van der Waals surface area contributed by atoms with Gasteiger partial charge in [0.2, 0.25) is 5.01 Å². The number of carbonyl (C=O) groups excluding carboxylic acids is 2. The molecule has 30 heavy (non-hydrogen) atoms. The number of anilines is 1. The van der Waals surface area contributed by atoms with Crippen LogP contribution < -0.4 is 5.32 Å².